The zero-order chi connectivity index (χ0) is 11.2. The lowest BCUT2D eigenvalue weighted by Crippen LogP contribution is -2.37. The van der Waals surface area contributed by atoms with Crippen LogP contribution in [0.3, 0.4) is 0 Å². The van der Waals surface area contributed by atoms with E-state index in [0.29, 0.717) is 12.8 Å². The van der Waals surface area contributed by atoms with Crippen molar-refractivity contribution in [2.45, 2.75) is 52.2 Å². The molecule has 14 heavy (non-hydrogen) atoms. The molecule has 0 radical (unpaired) electrons. The van der Waals surface area contributed by atoms with E-state index in [0.717, 1.165) is 0 Å². The Morgan fingerprint density at radius 2 is 2.14 bits per heavy atom. The SMILES string of the molecule is CC(CCC#N)NC(=O)OC(C)(C)C. The number of alkyl carbamates (subject to hydrolysis) is 1. The third-order valence-electron chi connectivity index (χ3n) is 1.45. The van der Waals surface area contributed by atoms with Crippen molar-refractivity contribution < 1.29 is 9.53 Å². The van der Waals surface area contributed by atoms with Gasteiger partial charge in [0.25, 0.3) is 0 Å². The zero-order valence-corrected chi connectivity index (χ0v) is 9.26. The number of hydrogen-bond donors (Lipinski definition) is 1. The number of nitrogens with zero attached hydrogens (tertiary/aromatic N) is 1. The van der Waals surface area contributed by atoms with Crippen LogP contribution >= 0.6 is 0 Å². The van der Waals surface area contributed by atoms with Crippen LogP contribution in [0.5, 0.6) is 0 Å². The second-order valence-corrected chi connectivity index (χ2v) is 4.24. The summed E-state index contributed by atoms with van der Waals surface area (Å²) < 4.78 is 5.06. The van der Waals surface area contributed by atoms with Crippen LogP contribution in [0.15, 0.2) is 0 Å². The Morgan fingerprint density at radius 1 is 1.57 bits per heavy atom. The summed E-state index contributed by atoms with van der Waals surface area (Å²) in [4.78, 5) is 11.2. The standard InChI is InChI=1S/C10H18N2O2/c1-8(6-5-7-11)12-9(13)14-10(2,3)4/h8H,5-6H2,1-4H3,(H,12,13). The van der Waals surface area contributed by atoms with Gasteiger partial charge in [0.15, 0.2) is 0 Å². The van der Waals surface area contributed by atoms with Gasteiger partial charge in [-0.15, -0.1) is 0 Å². The van der Waals surface area contributed by atoms with E-state index in [-0.39, 0.29) is 6.04 Å². The summed E-state index contributed by atoms with van der Waals surface area (Å²) in [6.45, 7) is 7.28. The molecule has 0 saturated heterocycles. The molecule has 4 nitrogen and oxygen atoms in total. The molecule has 0 spiro atoms. The topological polar surface area (TPSA) is 62.1 Å². The molecule has 0 heterocycles. The van der Waals surface area contributed by atoms with E-state index in [2.05, 4.69) is 5.32 Å². The number of carbonyl (C=O) groups excluding carboxylic acids is 1. The first-order chi connectivity index (χ1) is 6.35. The quantitative estimate of drug-likeness (QED) is 0.756. The first-order valence-electron chi connectivity index (χ1n) is 4.71. The molecule has 1 N–H and O–H groups in total. The minimum Gasteiger partial charge on any atom is -0.444 e. The molecule has 0 fully saturated rings. The molecule has 0 bridgehead atoms. The van der Waals surface area contributed by atoms with Gasteiger partial charge in [-0.3, -0.25) is 0 Å². The largest absolute Gasteiger partial charge is 0.444 e. The van der Waals surface area contributed by atoms with Gasteiger partial charge in [-0.25, -0.2) is 4.79 Å². The van der Waals surface area contributed by atoms with Gasteiger partial charge in [0.2, 0.25) is 0 Å². The Labute approximate surface area is 85.2 Å². The summed E-state index contributed by atoms with van der Waals surface area (Å²) in [5.74, 6) is 0. The molecular formula is C10H18N2O2. The molecule has 0 aromatic rings. The fraction of sp³-hybridized carbons (Fsp3) is 0.800. The summed E-state index contributed by atoms with van der Waals surface area (Å²) in [6, 6.07) is 2.00. The molecule has 0 saturated carbocycles. The zero-order valence-electron chi connectivity index (χ0n) is 9.26. The van der Waals surface area contributed by atoms with Gasteiger partial charge < -0.3 is 10.1 Å². The minimum atomic E-state index is -0.473. The van der Waals surface area contributed by atoms with E-state index in [4.69, 9.17) is 10.00 Å². The second kappa shape index (κ2) is 5.48. The maximum absolute atomic E-state index is 11.2. The van der Waals surface area contributed by atoms with Crippen molar-refractivity contribution in [3.05, 3.63) is 0 Å². The van der Waals surface area contributed by atoms with Gasteiger partial charge >= 0.3 is 6.09 Å². The molecular weight excluding hydrogens is 180 g/mol. The van der Waals surface area contributed by atoms with Crippen molar-refractivity contribution in [2.75, 3.05) is 0 Å². The lowest BCUT2D eigenvalue weighted by Gasteiger charge is -2.21. The van der Waals surface area contributed by atoms with Crippen molar-refractivity contribution in [1.29, 1.82) is 5.26 Å². The van der Waals surface area contributed by atoms with Crippen LogP contribution in [0.4, 0.5) is 4.79 Å². The Kier molecular flexibility index (Phi) is 5.00. The van der Waals surface area contributed by atoms with Crippen LogP contribution in [0, 0.1) is 11.3 Å². The van der Waals surface area contributed by atoms with E-state index in [1.54, 1.807) is 0 Å². The number of nitrogens with one attached hydrogen (secondary N) is 1. The van der Waals surface area contributed by atoms with Crippen LogP contribution in [0.25, 0.3) is 0 Å². The van der Waals surface area contributed by atoms with Gasteiger partial charge in [-0.2, -0.15) is 5.26 Å². The van der Waals surface area contributed by atoms with Crippen molar-refractivity contribution >= 4 is 6.09 Å². The van der Waals surface area contributed by atoms with Crippen LogP contribution in [-0.2, 0) is 4.74 Å². The van der Waals surface area contributed by atoms with Crippen molar-refractivity contribution in [2.24, 2.45) is 0 Å². The third kappa shape index (κ3) is 7.41. The van der Waals surface area contributed by atoms with Gasteiger partial charge in [0.1, 0.15) is 5.60 Å². The van der Waals surface area contributed by atoms with E-state index < -0.39 is 11.7 Å². The van der Waals surface area contributed by atoms with E-state index in [1.807, 2.05) is 33.8 Å². The van der Waals surface area contributed by atoms with Crippen LogP contribution in [0.1, 0.15) is 40.5 Å². The molecule has 4 heteroatoms. The van der Waals surface area contributed by atoms with E-state index in [1.165, 1.54) is 0 Å². The molecule has 0 aliphatic heterocycles. The molecule has 0 rings (SSSR count). The minimum absolute atomic E-state index is 0.0236. The highest BCUT2D eigenvalue weighted by Crippen LogP contribution is 2.07. The maximum atomic E-state index is 11.2. The van der Waals surface area contributed by atoms with Crippen molar-refractivity contribution in [3.63, 3.8) is 0 Å². The first-order valence-corrected chi connectivity index (χ1v) is 4.71. The number of amides is 1. The maximum Gasteiger partial charge on any atom is 0.407 e. The van der Waals surface area contributed by atoms with Gasteiger partial charge in [-0.1, -0.05) is 0 Å². The monoisotopic (exact) mass is 198 g/mol. The highest BCUT2D eigenvalue weighted by atomic mass is 16.6. The predicted octanol–water partition coefficient (Wildman–Crippen LogP) is 2.20. The van der Waals surface area contributed by atoms with Crippen LogP contribution in [0.2, 0.25) is 0 Å². The lowest BCUT2D eigenvalue weighted by atomic mass is 10.2. The van der Waals surface area contributed by atoms with Crippen LogP contribution in [-0.4, -0.2) is 17.7 Å². The molecule has 1 atom stereocenters. The van der Waals surface area contributed by atoms with Crippen molar-refractivity contribution in [3.8, 4) is 6.07 Å². The van der Waals surface area contributed by atoms with Gasteiger partial charge in [-0.05, 0) is 34.1 Å². The van der Waals surface area contributed by atoms with Crippen LogP contribution < -0.4 is 5.32 Å². The second-order valence-electron chi connectivity index (χ2n) is 4.24. The summed E-state index contributed by atoms with van der Waals surface area (Å²) in [6.07, 6.45) is 0.662. The fourth-order valence-electron chi connectivity index (χ4n) is 0.862. The molecule has 1 amide bonds. The van der Waals surface area contributed by atoms with E-state index >= 15 is 0 Å². The van der Waals surface area contributed by atoms with Gasteiger partial charge in [0.05, 0.1) is 6.07 Å². The smallest absolute Gasteiger partial charge is 0.407 e. The number of rotatable bonds is 3. The summed E-state index contributed by atoms with van der Waals surface area (Å²) >= 11 is 0. The summed E-state index contributed by atoms with van der Waals surface area (Å²) in [5, 5.41) is 11.0. The summed E-state index contributed by atoms with van der Waals surface area (Å²) in [7, 11) is 0. The predicted molar refractivity (Wildman–Crippen MR) is 53.7 cm³/mol. The average molecular weight is 198 g/mol. The number of hydrogen-bond acceptors (Lipinski definition) is 3. The summed E-state index contributed by atoms with van der Waals surface area (Å²) in [5.41, 5.74) is -0.473. The Balaban J connectivity index is 3.78. The first kappa shape index (κ1) is 12.8. The molecule has 80 valence electrons. The molecule has 1 unspecified atom stereocenters. The molecule has 0 aliphatic rings. The highest BCUT2D eigenvalue weighted by molar-refractivity contribution is 5.67. The molecule has 0 aromatic carbocycles. The number of ether oxygens (including phenoxy) is 1. The number of carbonyl (C=O) groups is 1. The average Bonchev–Trinajstić information content (AvgIpc) is 1.96. The lowest BCUT2D eigenvalue weighted by molar-refractivity contribution is 0.0507. The Hall–Kier alpha value is -1.24. The third-order valence-corrected chi connectivity index (χ3v) is 1.45. The molecule has 0 aromatic heterocycles. The van der Waals surface area contributed by atoms with Crippen molar-refractivity contribution in [1.82, 2.24) is 5.32 Å². The van der Waals surface area contributed by atoms with Gasteiger partial charge in [0, 0.05) is 12.5 Å². The Bertz CT molecular complexity index is 225. The number of nitriles is 1. The normalized spacial score (nSPS) is 12.8. The van der Waals surface area contributed by atoms with E-state index in [9.17, 15) is 4.79 Å². The highest BCUT2D eigenvalue weighted by Gasteiger charge is 2.17. The molecule has 0 aliphatic carbocycles. The Morgan fingerprint density at radius 3 is 2.57 bits per heavy atom. The fourth-order valence-corrected chi connectivity index (χ4v) is 0.862.